The van der Waals surface area contributed by atoms with Crippen LogP contribution in [0.1, 0.15) is 69.2 Å². The summed E-state index contributed by atoms with van der Waals surface area (Å²) in [6, 6.07) is 0. The molecule has 1 fully saturated rings. The van der Waals surface area contributed by atoms with Crippen LogP contribution in [-0.2, 0) is 29.1 Å². The molecule has 1 aliphatic rings. The van der Waals surface area contributed by atoms with Crippen molar-refractivity contribution >= 4 is 33.3 Å². The predicted octanol–water partition coefficient (Wildman–Crippen LogP) is 2.94. The zero-order chi connectivity index (χ0) is 28.2. The van der Waals surface area contributed by atoms with E-state index in [-0.39, 0.29) is 30.3 Å². The van der Waals surface area contributed by atoms with Gasteiger partial charge in [0.1, 0.15) is 34.2 Å². The molecule has 2 N–H and O–H groups in total. The fraction of sp³-hybridized carbons (Fsp3) is 0.760. The van der Waals surface area contributed by atoms with Crippen molar-refractivity contribution < 1.29 is 28.5 Å². The van der Waals surface area contributed by atoms with Crippen LogP contribution in [0.15, 0.2) is 6.33 Å². The zero-order valence-corrected chi connectivity index (χ0v) is 24.8. The first-order valence-corrected chi connectivity index (χ1v) is 12.8. The maximum absolute atomic E-state index is 12.4. The highest BCUT2D eigenvalue weighted by Gasteiger charge is 2.72. The number of esters is 1. The van der Waals surface area contributed by atoms with Crippen LogP contribution < -0.4 is 10.5 Å². The summed E-state index contributed by atoms with van der Waals surface area (Å²) in [7, 11) is 5.43. The number of nitrogen functional groups attached to an aromatic ring is 1. The molecule has 12 heteroatoms. The molecule has 4 atom stereocenters. The summed E-state index contributed by atoms with van der Waals surface area (Å²) < 4.78 is 33.0. The molecule has 0 spiro atoms. The van der Waals surface area contributed by atoms with E-state index < -0.39 is 33.9 Å². The Morgan fingerprint density at radius 2 is 1.76 bits per heavy atom. The molecule has 1 aliphatic heterocycles. The van der Waals surface area contributed by atoms with Crippen LogP contribution in [0.25, 0.3) is 11.2 Å². The van der Waals surface area contributed by atoms with Crippen LogP contribution in [-0.4, -0.2) is 78.0 Å². The lowest BCUT2D eigenvalue weighted by Crippen LogP contribution is -2.67. The van der Waals surface area contributed by atoms with Crippen LogP contribution in [0.3, 0.4) is 0 Å². The summed E-state index contributed by atoms with van der Waals surface area (Å²) in [5.74, 6) is -0.408. The summed E-state index contributed by atoms with van der Waals surface area (Å²) in [4.78, 5) is 25.5. The van der Waals surface area contributed by atoms with Crippen molar-refractivity contribution in [3.05, 3.63) is 6.33 Å². The molecule has 2 aromatic heterocycles. The quantitative estimate of drug-likeness (QED) is 0.417. The van der Waals surface area contributed by atoms with Gasteiger partial charge in [0.05, 0.1) is 30.6 Å². The number of fused-ring (bicyclic) bond motifs is 1. The second-order valence-corrected chi connectivity index (χ2v) is 12.7. The van der Waals surface area contributed by atoms with Gasteiger partial charge in [0.2, 0.25) is 11.8 Å². The Kier molecular flexibility index (Phi) is 7.50. The maximum Gasteiger partial charge on any atom is 0.308 e. The number of anilines is 1. The van der Waals surface area contributed by atoms with E-state index in [4.69, 9.17) is 29.4 Å². The number of rotatable bonds is 7. The average Bonchev–Trinajstić information content (AvgIpc) is 3.22. The number of imidazole rings is 1. The third kappa shape index (κ3) is 5.21. The van der Waals surface area contributed by atoms with E-state index in [0.717, 1.165) is 0 Å². The van der Waals surface area contributed by atoms with Crippen molar-refractivity contribution in [1.82, 2.24) is 19.5 Å². The van der Waals surface area contributed by atoms with Gasteiger partial charge in [-0.25, -0.2) is 4.98 Å². The lowest BCUT2D eigenvalue weighted by Gasteiger charge is -2.52. The SMILES string of the molecule is COc1nc(N)nc2c1ncn2[C@]1([Si])O[C@H](COC(=O)C(C)C)[C@@](C)(OC(C)(C)C)[C@]1(C)OC(C)(C)C. The normalized spacial score (nSPS) is 28.7. The fourth-order valence-corrected chi connectivity index (χ4v) is 5.33. The van der Waals surface area contributed by atoms with Gasteiger partial charge in [0, 0.05) is 0 Å². The molecule has 3 heterocycles. The maximum atomic E-state index is 12.4. The van der Waals surface area contributed by atoms with Gasteiger partial charge in [-0.15, -0.1) is 0 Å². The van der Waals surface area contributed by atoms with E-state index in [1.54, 1.807) is 24.7 Å². The highest BCUT2D eigenvalue weighted by molar-refractivity contribution is 6.14. The van der Waals surface area contributed by atoms with Crippen LogP contribution in [0.2, 0.25) is 0 Å². The Labute approximate surface area is 222 Å². The largest absolute Gasteiger partial charge is 0.479 e. The number of nitrogens with two attached hydrogens (primary N) is 1. The van der Waals surface area contributed by atoms with Gasteiger partial charge in [-0.3, -0.25) is 9.36 Å². The molecular weight excluding hydrogens is 494 g/mol. The molecular formula is C25H40N5O6Si. The molecule has 205 valence electrons. The smallest absolute Gasteiger partial charge is 0.308 e. The summed E-state index contributed by atoms with van der Waals surface area (Å²) in [5.41, 5.74) is 3.13. The molecule has 0 bridgehead atoms. The summed E-state index contributed by atoms with van der Waals surface area (Å²) in [6.07, 6.45) is 0.802. The average molecular weight is 535 g/mol. The van der Waals surface area contributed by atoms with Crippen molar-refractivity contribution in [2.45, 2.75) is 103 Å². The van der Waals surface area contributed by atoms with Crippen LogP contribution in [0.4, 0.5) is 5.95 Å². The monoisotopic (exact) mass is 534 g/mol. The van der Waals surface area contributed by atoms with Gasteiger partial charge < -0.3 is 29.4 Å². The van der Waals surface area contributed by atoms with Gasteiger partial charge >= 0.3 is 5.97 Å². The topological polar surface area (TPSA) is 133 Å². The van der Waals surface area contributed by atoms with E-state index in [1.807, 2.05) is 55.4 Å². The molecule has 2 aromatic rings. The number of carbonyl (C=O) groups is 1. The van der Waals surface area contributed by atoms with Gasteiger partial charge in [0.15, 0.2) is 16.5 Å². The minimum atomic E-state index is -1.43. The molecule has 37 heavy (non-hydrogen) atoms. The Morgan fingerprint density at radius 1 is 1.16 bits per heavy atom. The van der Waals surface area contributed by atoms with Gasteiger partial charge in [-0.2, -0.15) is 9.97 Å². The van der Waals surface area contributed by atoms with Crippen molar-refractivity contribution in [1.29, 1.82) is 0 Å². The van der Waals surface area contributed by atoms with Crippen LogP contribution in [0, 0.1) is 5.92 Å². The first-order valence-electron chi connectivity index (χ1n) is 12.3. The third-order valence-corrected chi connectivity index (χ3v) is 7.15. The Bertz CT molecular complexity index is 1160. The summed E-state index contributed by atoms with van der Waals surface area (Å²) >= 11 is 0. The standard InChI is InChI=1S/C25H40N5O6Si/c1-14(2)19(31)33-12-15-23(9,35-21(3,4)5)24(10,36-22(6,7)8)25(37,34-15)30-13-27-16-17(30)28-20(26)29-18(16)32-11/h13-15H,12H2,1-11H3,(H2,26,28,29)/t15-,23-,24+,25+/m1/s1. The molecule has 3 rings (SSSR count). The van der Waals surface area contributed by atoms with Crippen molar-refractivity contribution in [3.8, 4) is 5.88 Å². The van der Waals surface area contributed by atoms with Crippen LogP contribution in [0.5, 0.6) is 5.88 Å². The van der Waals surface area contributed by atoms with E-state index in [2.05, 4.69) is 25.2 Å². The number of ether oxygens (including phenoxy) is 5. The second-order valence-electron chi connectivity index (χ2n) is 12.0. The molecule has 11 nitrogen and oxygen atoms in total. The fourth-order valence-electron chi connectivity index (χ4n) is 4.72. The number of methoxy groups -OCH3 is 1. The summed E-state index contributed by atoms with van der Waals surface area (Å²) in [5, 5.41) is -1.43. The highest BCUT2D eigenvalue weighted by Crippen LogP contribution is 2.55. The van der Waals surface area contributed by atoms with Crippen LogP contribution >= 0.6 is 0 Å². The lowest BCUT2D eigenvalue weighted by atomic mass is 9.80. The molecule has 0 aromatic carbocycles. The lowest BCUT2D eigenvalue weighted by molar-refractivity contribution is -0.266. The molecule has 0 saturated carbocycles. The van der Waals surface area contributed by atoms with Crippen molar-refractivity contribution in [3.63, 3.8) is 0 Å². The van der Waals surface area contributed by atoms with E-state index in [1.165, 1.54) is 7.11 Å². The number of hydrogen-bond donors (Lipinski definition) is 1. The van der Waals surface area contributed by atoms with Gasteiger partial charge in [0.25, 0.3) is 0 Å². The molecule has 0 unspecified atom stereocenters. The number of carbonyl (C=O) groups excluding carboxylic acids is 1. The summed E-state index contributed by atoms with van der Waals surface area (Å²) in [6.45, 7) is 19.0. The third-order valence-electron chi connectivity index (χ3n) is 6.31. The highest BCUT2D eigenvalue weighted by atomic mass is 28.1. The Morgan fingerprint density at radius 3 is 2.27 bits per heavy atom. The van der Waals surface area contributed by atoms with E-state index in [0.29, 0.717) is 11.2 Å². The number of hydrogen-bond acceptors (Lipinski definition) is 10. The first kappa shape index (κ1) is 29.3. The zero-order valence-electron chi connectivity index (χ0n) is 23.8. The molecule has 0 amide bonds. The molecule has 1 saturated heterocycles. The molecule has 3 radical (unpaired) electrons. The van der Waals surface area contributed by atoms with Gasteiger partial charge in [-0.05, 0) is 55.4 Å². The minimum Gasteiger partial charge on any atom is -0.479 e. The van der Waals surface area contributed by atoms with Crippen molar-refractivity contribution in [2.75, 3.05) is 19.5 Å². The van der Waals surface area contributed by atoms with Crippen molar-refractivity contribution in [2.24, 2.45) is 5.92 Å². The second kappa shape index (κ2) is 9.48. The predicted molar refractivity (Wildman–Crippen MR) is 139 cm³/mol. The van der Waals surface area contributed by atoms with Gasteiger partial charge in [-0.1, -0.05) is 13.8 Å². The first-order chi connectivity index (χ1) is 16.8. The Balaban J connectivity index is 2.29. The van der Waals surface area contributed by atoms with E-state index >= 15 is 0 Å². The van der Waals surface area contributed by atoms with E-state index in [9.17, 15) is 4.79 Å². The Hall–Kier alpha value is -2.28. The minimum absolute atomic E-state index is 0.00826. The molecule has 0 aliphatic carbocycles. The number of aromatic nitrogens is 4. The number of nitrogens with zero attached hydrogens (tertiary/aromatic N) is 4.